The molecule has 1 aliphatic heterocycles. The highest BCUT2D eigenvalue weighted by atomic mass is 32.1. The van der Waals surface area contributed by atoms with Crippen LogP contribution in [0.4, 0.5) is 16.4 Å². The Hall–Kier alpha value is -2.98. The first-order valence-corrected chi connectivity index (χ1v) is 11.1. The van der Waals surface area contributed by atoms with Gasteiger partial charge in [-0.25, -0.2) is 4.79 Å². The van der Waals surface area contributed by atoms with E-state index in [0.29, 0.717) is 42.6 Å². The molecule has 2 heterocycles. The number of nitrogens with one attached hydrogen (secondary N) is 1. The highest BCUT2D eigenvalue weighted by molar-refractivity contribution is 7.17. The van der Waals surface area contributed by atoms with Gasteiger partial charge in [-0.15, -0.1) is 11.3 Å². The number of nitro groups is 1. The minimum atomic E-state index is -0.524. The van der Waals surface area contributed by atoms with Crippen LogP contribution in [-0.2, 0) is 22.3 Å². The third-order valence-corrected chi connectivity index (χ3v) is 6.62. The normalized spacial score (nSPS) is 15.5. The molecule has 31 heavy (non-hydrogen) atoms. The molecule has 1 saturated heterocycles. The topological polar surface area (TPSA) is 111 Å². The minimum Gasteiger partial charge on any atom is -0.462 e. The van der Waals surface area contributed by atoms with Gasteiger partial charge in [0.2, 0.25) is 0 Å². The van der Waals surface area contributed by atoms with E-state index in [1.165, 1.54) is 23.5 Å². The summed E-state index contributed by atoms with van der Waals surface area (Å²) in [6.45, 7) is 4.17. The second kappa shape index (κ2) is 9.03. The van der Waals surface area contributed by atoms with Gasteiger partial charge in [-0.1, -0.05) is 0 Å². The fraction of sp³-hybridized carbons (Fsp3) is 0.429. The van der Waals surface area contributed by atoms with Gasteiger partial charge in [0.1, 0.15) is 5.00 Å². The predicted molar refractivity (Wildman–Crippen MR) is 116 cm³/mol. The molecular weight excluding hydrogens is 422 g/mol. The number of amides is 1. The number of carbonyl (C=O) groups excluding carboxylic acids is 2. The molecule has 164 valence electrons. The molecule has 1 amide bonds. The van der Waals surface area contributed by atoms with Gasteiger partial charge in [0.25, 0.3) is 11.6 Å². The fourth-order valence-electron chi connectivity index (χ4n) is 3.98. The summed E-state index contributed by atoms with van der Waals surface area (Å²) in [6.07, 6.45) is 2.59. The summed E-state index contributed by atoms with van der Waals surface area (Å²) in [5.74, 6) is -0.944. The molecule has 0 radical (unpaired) electrons. The first-order valence-electron chi connectivity index (χ1n) is 10.2. The summed E-state index contributed by atoms with van der Waals surface area (Å²) in [7, 11) is 0. The van der Waals surface area contributed by atoms with Gasteiger partial charge in [0.15, 0.2) is 0 Å². The molecule has 0 spiro atoms. The van der Waals surface area contributed by atoms with E-state index in [2.05, 4.69) is 5.32 Å². The first-order chi connectivity index (χ1) is 15.0. The Morgan fingerprint density at radius 1 is 1.29 bits per heavy atom. The number of nitrogens with zero attached hydrogens (tertiary/aromatic N) is 2. The summed E-state index contributed by atoms with van der Waals surface area (Å²) < 4.78 is 10.6. The maximum atomic E-state index is 13.3. The lowest BCUT2D eigenvalue weighted by atomic mass is 10.1. The number of rotatable bonds is 6. The number of aryl methyl sites for hydroxylation is 1. The van der Waals surface area contributed by atoms with E-state index in [4.69, 9.17) is 9.47 Å². The SMILES string of the molecule is CCOC(=O)c1c(NC(=O)c2cc([N+](=O)[O-])ccc2N2CCOCC2)sc2c1CCC2. The van der Waals surface area contributed by atoms with Crippen LogP contribution in [-0.4, -0.2) is 49.7 Å². The van der Waals surface area contributed by atoms with Crippen LogP contribution in [0.1, 0.15) is 44.5 Å². The van der Waals surface area contributed by atoms with E-state index in [-0.39, 0.29) is 17.9 Å². The fourth-order valence-corrected chi connectivity index (χ4v) is 5.25. The number of hydrogen-bond donors (Lipinski definition) is 1. The number of anilines is 2. The van der Waals surface area contributed by atoms with E-state index in [1.54, 1.807) is 13.0 Å². The van der Waals surface area contributed by atoms with Crippen LogP contribution in [0.5, 0.6) is 0 Å². The zero-order chi connectivity index (χ0) is 22.0. The monoisotopic (exact) mass is 445 g/mol. The van der Waals surface area contributed by atoms with E-state index < -0.39 is 16.8 Å². The molecule has 1 fully saturated rings. The van der Waals surface area contributed by atoms with Crippen LogP contribution in [0.25, 0.3) is 0 Å². The number of fused-ring (bicyclic) bond motifs is 1. The van der Waals surface area contributed by atoms with Crippen molar-refractivity contribution in [3.05, 3.63) is 49.9 Å². The predicted octanol–water partition coefficient (Wildman–Crippen LogP) is 3.41. The molecule has 4 rings (SSSR count). The number of hydrogen-bond acceptors (Lipinski definition) is 8. The lowest BCUT2D eigenvalue weighted by Crippen LogP contribution is -2.37. The number of morpholine rings is 1. The largest absolute Gasteiger partial charge is 0.462 e. The number of carbonyl (C=O) groups is 2. The summed E-state index contributed by atoms with van der Waals surface area (Å²) in [5.41, 5.74) is 1.98. The molecule has 1 aliphatic carbocycles. The van der Waals surface area contributed by atoms with Crippen molar-refractivity contribution in [2.24, 2.45) is 0 Å². The molecule has 1 aromatic carbocycles. The van der Waals surface area contributed by atoms with E-state index in [0.717, 1.165) is 29.7 Å². The van der Waals surface area contributed by atoms with Crippen molar-refractivity contribution in [1.82, 2.24) is 0 Å². The van der Waals surface area contributed by atoms with E-state index in [9.17, 15) is 19.7 Å². The van der Waals surface area contributed by atoms with Crippen LogP contribution in [0.15, 0.2) is 18.2 Å². The average Bonchev–Trinajstić information content (AvgIpc) is 3.34. The van der Waals surface area contributed by atoms with Gasteiger partial charge < -0.3 is 19.7 Å². The van der Waals surface area contributed by atoms with Gasteiger partial charge in [0.05, 0.1) is 41.6 Å². The Balaban J connectivity index is 1.69. The number of non-ortho nitro benzene ring substituents is 1. The van der Waals surface area contributed by atoms with Crippen molar-refractivity contribution >= 4 is 39.6 Å². The van der Waals surface area contributed by atoms with Gasteiger partial charge in [0, 0.05) is 30.1 Å². The Bertz CT molecular complexity index is 1030. The Kier molecular flexibility index (Phi) is 6.19. The maximum Gasteiger partial charge on any atom is 0.341 e. The molecule has 0 saturated carbocycles. The zero-order valence-electron chi connectivity index (χ0n) is 17.1. The second-order valence-electron chi connectivity index (χ2n) is 7.29. The van der Waals surface area contributed by atoms with Crippen molar-refractivity contribution in [3.63, 3.8) is 0 Å². The number of nitro benzene ring substituents is 1. The smallest absolute Gasteiger partial charge is 0.341 e. The van der Waals surface area contributed by atoms with Crippen molar-refractivity contribution in [1.29, 1.82) is 0 Å². The lowest BCUT2D eigenvalue weighted by Gasteiger charge is -2.30. The molecule has 2 aliphatic rings. The van der Waals surface area contributed by atoms with Crippen LogP contribution in [0.2, 0.25) is 0 Å². The van der Waals surface area contributed by atoms with Gasteiger partial charge in [-0.2, -0.15) is 0 Å². The van der Waals surface area contributed by atoms with Crippen LogP contribution in [0, 0.1) is 10.1 Å². The molecule has 1 N–H and O–H groups in total. The second-order valence-corrected chi connectivity index (χ2v) is 8.40. The Morgan fingerprint density at radius 3 is 2.77 bits per heavy atom. The quantitative estimate of drug-likeness (QED) is 0.412. The summed E-state index contributed by atoms with van der Waals surface area (Å²) in [6, 6.07) is 4.27. The molecule has 1 aromatic heterocycles. The van der Waals surface area contributed by atoms with Crippen molar-refractivity contribution in [2.75, 3.05) is 43.1 Å². The molecular formula is C21H23N3O6S. The Morgan fingerprint density at radius 2 is 2.06 bits per heavy atom. The number of ether oxygens (including phenoxy) is 2. The number of thiophene rings is 1. The summed E-state index contributed by atoms with van der Waals surface area (Å²) >= 11 is 1.38. The molecule has 10 heteroatoms. The number of benzene rings is 1. The van der Waals surface area contributed by atoms with Crippen molar-refractivity contribution in [3.8, 4) is 0 Å². The third kappa shape index (κ3) is 4.26. The summed E-state index contributed by atoms with van der Waals surface area (Å²) in [5, 5.41) is 14.6. The summed E-state index contributed by atoms with van der Waals surface area (Å²) in [4.78, 5) is 39.7. The van der Waals surface area contributed by atoms with Crippen LogP contribution >= 0.6 is 11.3 Å². The van der Waals surface area contributed by atoms with Gasteiger partial charge in [-0.3, -0.25) is 14.9 Å². The highest BCUT2D eigenvalue weighted by Crippen LogP contribution is 2.40. The number of esters is 1. The third-order valence-electron chi connectivity index (χ3n) is 5.42. The molecule has 0 bridgehead atoms. The van der Waals surface area contributed by atoms with E-state index >= 15 is 0 Å². The maximum absolute atomic E-state index is 13.3. The van der Waals surface area contributed by atoms with Crippen LogP contribution < -0.4 is 10.2 Å². The first kappa shape index (κ1) is 21.3. The highest BCUT2D eigenvalue weighted by Gasteiger charge is 2.30. The van der Waals surface area contributed by atoms with Crippen LogP contribution in [0.3, 0.4) is 0 Å². The van der Waals surface area contributed by atoms with Crippen molar-refractivity contribution < 1.29 is 24.0 Å². The molecule has 0 atom stereocenters. The minimum absolute atomic E-state index is 0.165. The average molecular weight is 445 g/mol. The van der Waals surface area contributed by atoms with Crippen molar-refractivity contribution in [2.45, 2.75) is 26.2 Å². The lowest BCUT2D eigenvalue weighted by molar-refractivity contribution is -0.384. The standard InChI is InChI=1S/C21H23N3O6S/c1-2-30-21(26)18-14-4-3-5-17(14)31-20(18)22-19(25)15-12-13(24(27)28)6-7-16(15)23-8-10-29-11-9-23/h6-7,12H,2-5,8-11H2,1H3,(H,22,25). The molecule has 2 aromatic rings. The van der Waals surface area contributed by atoms with Gasteiger partial charge >= 0.3 is 5.97 Å². The Labute approximate surface area is 183 Å². The molecule has 0 unspecified atom stereocenters. The molecule has 9 nitrogen and oxygen atoms in total. The van der Waals surface area contributed by atoms with E-state index in [1.807, 2.05) is 4.90 Å². The zero-order valence-corrected chi connectivity index (χ0v) is 18.0. The van der Waals surface area contributed by atoms with Gasteiger partial charge in [-0.05, 0) is 37.8 Å².